The minimum absolute atomic E-state index is 0.0554. The van der Waals surface area contributed by atoms with Gasteiger partial charge in [0, 0.05) is 12.1 Å². The molecule has 0 heterocycles. The summed E-state index contributed by atoms with van der Waals surface area (Å²) in [5.74, 6) is 0.994. The second kappa shape index (κ2) is 6.99. The highest BCUT2D eigenvalue weighted by molar-refractivity contribution is 5.77. The topological polar surface area (TPSA) is 73.6 Å². The van der Waals surface area contributed by atoms with Crippen LogP contribution >= 0.6 is 0 Å². The molecule has 1 aromatic carbocycles. The van der Waals surface area contributed by atoms with Gasteiger partial charge in [-0.3, -0.25) is 4.79 Å². The maximum absolute atomic E-state index is 11.6. The summed E-state index contributed by atoms with van der Waals surface area (Å²) in [4.78, 5) is 11.6. The third kappa shape index (κ3) is 6.10. The van der Waals surface area contributed by atoms with Crippen molar-refractivity contribution in [1.82, 2.24) is 5.32 Å². The minimum Gasteiger partial charge on any atom is -0.490 e. The molecule has 0 saturated heterocycles. The maximum Gasteiger partial charge on any atom is 0.258 e. The van der Waals surface area contributed by atoms with Crippen LogP contribution in [0.2, 0.25) is 0 Å². The van der Waals surface area contributed by atoms with E-state index in [-0.39, 0.29) is 12.5 Å². The molecular weight excluding hydrogens is 244 g/mol. The summed E-state index contributed by atoms with van der Waals surface area (Å²) in [6, 6.07) is 7.26. The monoisotopic (exact) mass is 266 g/mol. The molecule has 1 aromatic rings. The lowest BCUT2D eigenvalue weighted by atomic mass is 10.1. The highest BCUT2D eigenvalue weighted by Crippen LogP contribution is 2.26. The van der Waals surface area contributed by atoms with Crippen LogP contribution in [0.25, 0.3) is 0 Å². The molecule has 1 amide bonds. The normalized spacial score (nSPS) is 10.9. The molecule has 0 aliphatic carbocycles. The van der Waals surface area contributed by atoms with E-state index in [1.807, 2.05) is 32.9 Å². The molecule has 1 rings (SSSR count). The van der Waals surface area contributed by atoms with Gasteiger partial charge in [0.25, 0.3) is 5.91 Å². The zero-order valence-corrected chi connectivity index (χ0v) is 11.7. The van der Waals surface area contributed by atoms with Gasteiger partial charge in [-0.1, -0.05) is 12.1 Å². The van der Waals surface area contributed by atoms with E-state index in [2.05, 4.69) is 5.32 Å². The van der Waals surface area contributed by atoms with Crippen LogP contribution < -0.4 is 20.5 Å². The van der Waals surface area contributed by atoms with Crippen LogP contribution in [0.5, 0.6) is 11.5 Å². The number of hydrogen-bond acceptors (Lipinski definition) is 4. The van der Waals surface area contributed by atoms with Crippen molar-refractivity contribution >= 4 is 5.91 Å². The molecule has 3 N–H and O–H groups in total. The first-order chi connectivity index (χ1) is 8.92. The van der Waals surface area contributed by atoms with E-state index < -0.39 is 5.54 Å². The first kappa shape index (κ1) is 15.3. The number of amides is 1. The van der Waals surface area contributed by atoms with E-state index in [0.29, 0.717) is 24.7 Å². The fourth-order valence-electron chi connectivity index (χ4n) is 1.36. The van der Waals surface area contributed by atoms with Crippen LogP contribution in [0.15, 0.2) is 24.3 Å². The Kier molecular flexibility index (Phi) is 5.63. The Morgan fingerprint density at radius 1 is 1.26 bits per heavy atom. The summed E-state index contributed by atoms with van der Waals surface area (Å²) >= 11 is 0. The van der Waals surface area contributed by atoms with Gasteiger partial charge in [-0.15, -0.1) is 0 Å². The van der Waals surface area contributed by atoms with Gasteiger partial charge in [-0.25, -0.2) is 0 Å². The summed E-state index contributed by atoms with van der Waals surface area (Å²) in [6.07, 6.45) is 0. The van der Waals surface area contributed by atoms with Crippen LogP contribution in [0.1, 0.15) is 20.8 Å². The van der Waals surface area contributed by atoms with Crippen molar-refractivity contribution in [2.24, 2.45) is 5.73 Å². The predicted molar refractivity (Wildman–Crippen MR) is 74.4 cm³/mol. The predicted octanol–water partition coefficient (Wildman–Crippen LogP) is 1.32. The number of carbonyl (C=O) groups excluding carboxylic acids is 1. The molecule has 5 heteroatoms. The lowest BCUT2D eigenvalue weighted by molar-refractivity contribution is -0.123. The third-order valence-electron chi connectivity index (χ3n) is 2.25. The Labute approximate surface area is 114 Å². The van der Waals surface area contributed by atoms with E-state index >= 15 is 0 Å². The van der Waals surface area contributed by atoms with E-state index in [9.17, 15) is 4.79 Å². The van der Waals surface area contributed by atoms with Crippen molar-refractivity contribution in [3.63, 3.8) is 0 Å². The standard InChI is InChI=1S/C14H22N2O3/c1-4-18-11-7-5-6-8-12(11)19-9-13(17)16-10-14(2,3)15/h5-8H,4,9-10,15H2,1-3H3,(H,16,17). The van der Waals surface area contributed by atoms with Gasteiger partial charge in [-0.05, 0) is 32.9 Å². The lowest BCUT2D eigenvalue weighted by Crippen LogP contribution is -2.46. The molecule has 0 saturated carbocycles. The molecule has 0 spiro atoms. The molecule has 5 nitrogen and oxygen atoms in total. The molecular formula is C14H22N2O3. The fraction of sp³-hybridized carbons (Fsp3) is 0.500. The van der Waals surface area contributed by atoms with Gasteiger partial charge in [-0.2, -0.15) is 0 Å². The van der Waals surface area contributed by atoms with Crippen LogP contribution in [-0.2, 0) is 4.79 Å². The molecule has 0 aliphatic heterocycles. The molecule has 0 unspecified atom stereocenters. The quantitative estimate of drug-likeness (QED) is 0.780. The SMILES string of the molecule is CCOc1ccccc1OCC(=O)NCC(C)(C)N. The number of nitrogens with two attached hydrogens (primary N) is 1. The van der Waals surface area contributed by atoms with E-state index in [1.165, 1.54) is 0 Å². The van der Waals surface area contributed by atoms with Crippen molar-refractivity contribution in [2.45, 2.75) is 26.3 Å². The van der Waals surface area contributed by atoms with Crippen LogP contribution in [0.4, 0.5) is 0 Å². The number of para-hydroxylation sites is 2. The Bertz CT molecular complexity index is 413. The van der Waals surface area contributed by atoms with E-state index in [0.717, 1.165) is 0 Å². The molecule has 106 valence electrons. The Morgan fingerprint density at radius 2 is 1.84 bits per heavy atom. The molecule has 19 heavy (non-hydrogen) atoms. The van der Waals surface area contributed by atoms with Gasteiger partial charge in [0.2, 0.25) is 0 Å². The molecule has 0 fully saturated rings. The number of hydrogen-bond donors (Lipinski definition) is 2. The number of rotatable bonds is 7. The Morgan fingerprint density at radius 3 is 2.37 bits per heavy atom. The second-order valence-corrected chi connectivity index (χ2v) is 4.93. The van der Waals surface area contributed by atoms with Gasteiger partial charge in [0.15, 0.2) is 18.1 Å². The fourth-order valence-corrected chi connectivity index (χ4v) is 1.36. The Hall–Kier alpha value is -1.75. The average Bonchev–Trinajstić information content (AvgIpc) is 2.35. The lowest BCUT2D eigenvalue weighted by Gasteiger charge is -2.19. The van der Waals surface area contributed by atoms with Gasteiger partial charge in [0.1, 0.15) is 0 Å². The zero-order valence-electron chi connectivity index (χ0n) is 11.7. The summed E-state index contributed by atoms with van der Waals surface area (Å²) in [6.45, 7) is 6.49. The van der Waals surface area contributed by atoms with Crippen LogP contribution in [0.3, 0.4) is 0 Å². The second-order valence-electron chi connectivity index (χ2n) is 4.93. The third-order valence-corrected chi connectivity index (χ3v) is 2.25. The van der Waals surface area contributed by atoms with Gasteiger partial charge >= 0.3 is 0 Å². The number of carbonyl (C=O) groups is 1. The van der Waals surface area contributed by atoms with Crippen molar-refractivity contribution in [2.75, 3.05) is 19.8 Å². The minimum atomic E-state index is -0.432. The molecule has 0 atom stereocenters. The van der Waals surface area contributed by atoms with Crippen LogP contribution in [-0.4, -0.2) is 31.2 Å². The summed E-state index contributed by atoms with van der Waals surface area (Å²) in [5, 5.41) is 2.71. The zero-order chi connectivity index (χ0) is 14.3. The van der Waals surface area contributed by atoms with E-state index in [4.69, 9.17) is 15.2 Å². The van der Waals surface area contributed by atoms with Gasteiger partial charge in [0.05, 0.1) is 6.61 Å². The van der Waals surface area contributed by atoms with Crippen molar-refractivity contribution < 1.29 is 14.3 Å². The van der Waals surface area contributed by atoms with Crippen molar-refractivity contribution in [1.29, 1.82) is 0 Å². The first-order valence-electron chi connectivity index (χ1n) is 6.32. The molecule has 0 aromatic heterocycles. The molecule has 0 radical (unpaired) electrons. The molecule has 0 aliphatic rings. The highest BCUT2D eigenvalue weighted by Gasteiger charge is 2.13. The number of benzene rings is 1. The number of ether oxygens (including phenoxy) is 2. The van der Waals surface area contributed by atoms with Crippen molar-refractivity contribution in [3.8, 4) is 11.5 Å². The van der Waals surface area contributed by atoms with Crippen molar-refractivity contribution in [3.05, 3.63) is 24.3 Å². The highest BCUT2D eigenvalue weighted by atomic mass is 16.5. The van der Waals surface area contributed by atoms with E-state index in [1.54, 1.807) is 12.1 Å². The largest absolute Gasteiger partial charge is 0.490 e. The summed E-state index contributed by atoms with van der Waals surface area (Å²) in [5.41, 5.74) is 5.35. The summed E-state index contributed by atoms with van der Waals surface area (Å²) in [7, 11) is 0. The number of nitrogens with one attached hydrogen (secondary N) is 1. The summed E-state index contributed by atoms with van der Waals surface area (Å²) < 4.78 is 10.8. The molecule has 0 bridgehead atoms. The Balaban J connectivity index is 2.46. The maximum atomic E-state index is 11.6. The smallest absolute Gasteiger partial charge is 0.258 e. The first-order valence-corrected chi connectivity index (χ1v) is 6.32. The van der Waals surface area contributed by atoms with Crippen LogP contribution in [0, 0.1) is 0 Å². The van der Waals surface area contributed by atoms with Gasteiger partial charge < -0.3 is 20.5 Å². The average molecular weight is 266 g/mol.